The van der Waals surface area contributed by atoms with E-state index >= 15 is 0 Å². The van der Waals surface area contributed by atoms with E-state index in [-0.39, 0.29) is 18.3 Å². The van der Waals surface area contributed by atoms with Crippen LogP contribution >= 0.6 is 12.4 Å². The van der Waals surface area contributed by atoms with Crippen molar-refractivity contribution in [2.45, 2.75) is 27.3 Å². The Bertz CT molecular complexity index is 620. The first-order chi connectivity index (χ1) is 9.04. The van der Waals surface area contributed by atoms with Crippen LogP contribution in [0, 0.1) is 13.8 Å². The van der Waals surface area contributed by atoms with E-state index in [4.69, 9.17) is 5.73 Å². The zero-order chi connectivity index (χ0) is 14.0. The summed E-state index contributed by atoms with van der Waals surface area (Å²) in [6, 6.07) is 9.17. The molecule has 5 heteroatoms. The van der Waals surface area contributed by atoms with Crippen molar-refractivity contribution in [3.63, 3.8) is 0 Å². The lowest BCUT2D eigenvalue weighted by molar-refractivity contribution is 0.102. The number of amides is 1. The molecule has 1 aromatic carbocycles. The Morgan fingerprint density at radius 2 is 1.95 bits per heavy atom. The average Bonchev–Trinajstić information content (AvgIpc) is 2.67. The molecule has 20 heavy (non-hydrogen) atoms. The monoisotopic (exact) mass is 293 g/mol. The van der Waals surface area contributed by atoms with Crippen molar-refractivity contribution in [3.05, 3.63) is 47.3 Å². The number of rotatable bonds is 3. The second-order valence-corrected chi connectivity index (χ2v) is 4.57. The SMILES string of the molecule is CCn1c(C)cc(C(=O)Nc2ccccc2N)c1C.Cl. The molecule has 0 spiro atoms. The van der Waals surface area contributed by atoms with Gasteiger partial charge in [-0.25, -0.2) is 0 Å². The van der Waals surface area contributed by atoms with Crippen molar-refractivity contribution < 1.29 is 4.79 Å². The zero-order valence-corrected chi connectivity index (χ0v) is 12.8. The van der Waals surface area contributed by atoms with Gasteiger partial charge in [-0.2, -0.15) is 0 Å². The Morgan fingerprint density at radius 3 is 2.50 bits per heavy atom. The molecule has 0 aliphatic carbocycles. The van der Waals surface area contributed by atoms with Crippen LogP contribution in [0.3, 0.4) is 0 Å². The molecule has 0 aliphatic rings. The largest absolute Gasteiger partial charge is 0.397 e. The third-order valence-corrected chi connectivity index (χ3v) is 3.34. The van der Waals surface area contributed by atoms with Crippen molar-refractivity contribution in [1.82, 2.24) is 4.57 Å². The number of halogens is 1. The molecule has 0 saturated heterocycles. The molecule has 3 N–H and O–H groups in total. The smallest absolute Gasteiger partial charge is 0.257 e. The number of para-hydroxylation sites is 2. The van der Waals surface area contributed by atoms with Gasteiger partial charge in [-0.05, 0) is 39.0 Å². The van der Waals surface area contributed by atoms with Gasteiger partial charge in [0.2, 0.25) is 0 Å². The number of carbonyl (C=O) groups excluding carboxylic acids is 1. The number of aryl methyl sites for hydroxylation is 1. The summed E-state index contributed by atoms with van der Waals surface area (Å²) in [6.45, 7) is 6.89. The first-order valence-electron chi connectivity index (χ1n) is 6.37. The van der Waals surface area contributed by atoms with E-state index in [1.165, 1.54) is 0 Å². The quantitative estimate of drug-likeness (QED) is 0.852. The highest BCUT2D eigenvalue weighted by Crippen LogP contribution is 2.20. The maximum atomic E-state index is 12.3. The third-order valence-electron chi connectivity index (χ3n) is 3.34. The number of aromatic nitrogens is 1. The molecule has 108 valence electrons. The number of anilines is 2. The Morgan fingerprint density at radius 1 is 1.30 bits per heavy atom. The molecule has 2 rings (SSSR count). The number of nitrogens with zero attached hydrogens (tertiary/aromatic N) is 1. The summed E-state index contributed by atoms with van der Waals surface area (Å²) >= 11 is 0. The average molecular weight is 294 g/mol. The minimum Gasteiger partial charge on any atom is -0.397 e. The Hall–Kier alpha value is -1.94. The summed E-state index contributed by atoms with van der Waals surface area (Å²) < 4.78 is 2.11. The lowest BCUT2D eigenvalue weighted by atomic mass is 10.2. The molecule has 1 aromatic heterocycles. The van der Waals surface area contributed by atoms with Crippen molar-refractivity contribution in [3.8, 4) is 0 Å². The molecular formula is C15H20ClN3O. The highest BCUT2D eigenvalue weighted by atomic mass is 35.5. The van der Waals surface area contributed by atoms with Gasteiger partial charge < -0.3 is 15.6 Å². The van der Waals surface area contributed by atoms with Crippen LogP contribution in [0.1, 0.15) is 28.7 Å². The molecule has 1 amide bonds. The number of hydrogen-bond donors (Lipinski definition) is 2. The summed E-state index contributed by atoms with van der Waals surface area (Å²) in [4.78, 5) is 12.3. The second-order valence-electron chi connectivity index (χ2n) is 4.57. The molecule has 2 aromatic rings. The molecule has 0 radical (unpaired) electrons. The molecule has 4 nitrogen and oxygen atoms in total. The van der Waals surface area contributed by atoms with Gasteiger partial charge >= 0.3 is 0 Å². The first-order valence-corrected chi connectivity index (χ1v) is 6.37. The molecule has 1 heterocycles. The standard InChI is InChI=1S/C15H19N3O.ClH/c1-4-18-10(2)9-12(11(18)3)15(19)17-14-8-6-5-7-13(14)16;/h5-9H,4,16H2,1-3H3,(H,17,19);1H. The van der Waals surface area contributed by atoms with Crippen LogP contribution in [0.15, 0.2) is 30.3 Å². The molecule has 0 atom stereocenters. The summed E-state index contributed by atoms with van der Waals surface area (Å²) in [5.41, 5.74) is 9.81. The Kier molecular flexibility index (Phi) is 5.22. The summed E-state index contributed by atoms with van der Waals surface area (Å²) in [6.07, 6.45) is 0. The fourth-order valence-electron chi connectivity index (χ4n) is 2.32. The van der Waals surface area contributed by atoms with Gasteiger partial charge in [0.15, 0.2) is 0 Å². The zero-order valence-electron chi connectivity index (χ0n) is 11.9. The molecule has 0 saturated carbocycles. The molecular weight excluding hydrogens is 274 g/mol. The normalized spacial score (nSPS) is 9.95. The predicted octanol–water partition coefficient (Wildman–Crippen LogP) is 3.38. The fraction of sp³-hybridized carbons (Fsp3) is 0.267. The summed E-state index contributed by atoms with van der Waals surface area (Å²) in [5, 5.41) is 2.85. The first kappa shape index (κ1) is 16.1. The molecule has 0 bridgehead atoms. The molecule has 0 fully saturated rings. The van der Waals surface area contributed by atoms with Crippen molar-refractivity contribution in [2.24, 2.45) is 0 Å². The van der Waals surface area contributed by atoms with E-state index in [9.17, 15) is 4.79 Å². The van der Waals surface area contributed by atoms with Crippen LogP contribution in [-0.2, 0) is 6.54 Å². The van der Waals surface area contributed by atoms with Crippen LogP contribution in [0.4, 0.5) is 11.4 Å². The minimum atomic E-state index is -0.120. The van der Waals surface area contributed by atoms with Crippen LogP contribution < -0.4 is 11.1 Å². The number of hydrogen-bond acceptors (Lipinski definition) is 2. The van der Waals surface area contributed by atoms with E-state index in [0.717, 1.165) is 17.9 Å². The van der Waals surface area contributed by atoms with Gasteiger partial charge in [-0.3, -0.25) is 4.79 Å². The third kappa shape index (κ3) is 2.96. The van der Waals surface area contributed by atoms with Crippen molar-refractivity contribution >= 4 is 29.7 Å². The topological polar surface area (TPSA) is 60.0 Å². The maximum Gasteiger partial charge on any atom is 0.257 e. The van der Waals surface area contributed by atoms with E-state index in [1.807, 2.05) is 32.0 Å². The highest BCUT2D eigenvalue weighted by molar-refractivity contribution is 6.06. The minimum absolute atomic E-state index is 0. The Balaban J connectivity index is 0.00000200. The van der Waals surface area contributed by atoms with Crippen LogP contribution in [0.2, 0.25) is 0 Å². The van der Waals surface area contributed by atoms with Crippen LogP contribution in [0.25, 0.3) is 0 Å². The maximum absolute atomic E-state index is 12.3. The number of nitrogens with one attached hydrogen (secondary N) is 1. The van der Waals surface area contributed by atoms with E-state index in [2.05, 4.69) is 16.8 Å². The van der Waals surface area contributed by atoms with Crippen molar-refractivity contribution in [1.29, 1.82) is 0 Å². The molecule has 0 aliphatic heterocycles. The lowest BCUT2D eigenvalue weighted by Gasteiger charge is -2.08. The van der Waals surface area contributed by atoms with Gasteiger partial charge in [0.05, 0.1) is 16.9 Å². The lowest BCUT2D eigenvalue weighted by Crippen LogP contribution is -2.14. The van der Waals surface area contributed by atoms with Crippen molar-refractivity contribution in [2.75, 3.05) is 11.1 Å². The second kappa shape index (κ2) is 6.48. The van der Waals surface area contributed by atoms with Gasteiger partial charge in [-0.15, -0.1) is 12.4 Å². The fourth-order valence-corrected chi connectivity index (χ4v) is 2.32. The van der Waals surface area contributed by atoms with E-state index in [1.54, 1.807) is 12.1 Å². The highest BCUT2D eigenvalue weighted by Gasteiger charge is 2.15. The number of nitrogen functional groups attached to an aromatic ring is 1. The predicted molar refractivity (Wildman–Crippen MR) is 85.6 cm³/mol. The van der Waals surface area contributed by atoms with Gasteiger partial charge in [0, 0.05) is 17.9 Å². The summed E-state index contributed by atoms with van der Waals surface area (Å²) in [7, 11) is 0. The van der Waals surface area contributed by atoms with Gasteiger partial charge in [0.1, 0.15) is 0 Å². The van der Waals surface area contributed by atoms with Gasteiger partial charge in [-0.1, -0.05) is 12.1 Å². The summed E-state index contributed by atoms with van der Waals surface area (Å²) in [5.74, 6) is -0.120. The van der Waals surface area contributed by atoms with E-state index in [0.29, 0.717) is 16.9 Å². The Labute approximate surface area is 125 Å². The van der Waals surface area contributed by atoms with E-state index < -0.39 is 0 Å². The molecule has 0 unspecified atom stereocenters. The van der Waals surface area contributed by atoms with Crippen LogP contribution in [-0.4, -0.2) is 10.5 Å². The van der Waals surface area contributed by atoms with Gasteiger partial charge in [0.25, 0.3) is 5.91 Å². The van der Waals surface area contributed by atoms with Crippen LogP contribution in [0.5, 0.6) is 0 Å². The number of carbonyl (C=O) groups is 1. The number of nitrogens with two attached hydrogens (primary N) is 1. The number of benzene rings is 1.